The van der Waals surface area contributed by atoms with E-state index in [1.807, 2.05) is 20.8 Å². The zero-order valence-electron chi connectivity index (χ0n) is 9.04. The summed E-state index contributed by atoms with van der Waals surface area (Å²) in [5.41, 5.74) is -0.964. The Morgan fingerprint density at radius 2 is 1.86 bits per heavy atom. The predicted molar refractivity (Wildman–Crippen MR) is 52.0 cm³/mol. The van der Waals surface area contributed by atoms with Crippen molar-refractivity contribution in [3.05, 3.63) is 0 Å². The van der Waals surface area contributed by atoms with Crippen LogP contribution in [0.15, 0.2) is 0 Å². The normalized spacial score (nSPS) is 45.1. The molecule has 14 heavy (non-hydrogen) atoms. The van der Waals surface area contributed by atoms with Gasteiger partial charge in [0.1, 0.15) is 0 Å². The second kappa shape index (κ2) is 2.72. The van der Waals surface area contributed by atoms with Gasteiger partial charge in [-0.3, -0.25) is 4.79 Å². The lowest BCUT2D eigenvalue weighted by Gasteiger charge is -2.36. The van der Waals surface area contributed by atoms with E-state index in [1.54, 1.807) is 0 Å². The van der Waals surface area contributed by atoms with Gasteiger partial charge in [0.2, 0.25) is 0 Å². The van der Waals surface area contributed by atoms with Crippen molar-refractivity contribution in [3.8, 4) is 0 Å². The van der Waals surface area contributed by atoms with Crippen LogP contribution in [0.5, 0.6) is 0 Å². The Kier molecular flexibility index (Phi) is 1.94. The number of hydrogen-bond donors (Lipinski definition) is 1. The average molecular weight is 198 g/mol. The third-order valence-electron chi connectivity index (χ3n) is 4.49. The fourth-order valence-electron chi connectivity index (χ4n) is 2.94. The molecule has 0 aromatic heterocycles. The molecule has 2 aliphatic heterocycles. The van der Waals surface area contributed by atoms with E-state index < -0.39 is 11.4 Å². The van der Waals surface area contributed by atoms with Crippen LogP contribution in [-0.2, 0) is 9.53 Å². The van der Waals surface area contributed by atoms with Crippen molar-refractivity contribution >= 4 is 5.97 Å². The van der Waals surface area contributed by atoms with Crippen molar-refractivity contribution in [2.45, 2.75) is 52.2 Å². The topological polar surface area (TPSA) is 46.5 Å². The summed E-state index contributed by atoms with van der Waals surface area (Å²) in [5, 5.41) is 9.38. The highest BCUT2D eigenvalue weighted by molar-refractivity contribution is 5.77. The summed E-state index contributed by atoms with van der Waals surface area (Å²) in [6.07, 6.45) is 3.03. The molecule has 0 aromatic rings. The fraction of sp³-hybridized carbons (Fsp3) is 0.909. The standard InChI is InChI=1S/C11H18O3/c1-10(2)7-5-4-6-8(14-7)11(10,3)9(12)13/h7-8H,4-6H2,1-3H3,(H,12,13). The van der Waals surface area contributed by atoms with Crippen molar-refractivity contribution in [2.24, 2.45) is 10.8 Å². The zero-order valence-corrected chi connectivity index (χ0v) is 9.04. The number of carboxylic acids is 1. The first-order chi connectivity index (χ1) is 6.40. The van der Waals surface area contributed by atoms with Crippen LogP contribution < -0.4 is 0 Å². The van der Waals surface area contributed by atoms with Crippen molar-refractivity contribution in [1.29, 1.82) is 0 Å². The molecule has 80 valence electrons. The highest BCUT2D eigenvalue weighted by Gasteiger charge is 2.64. The molecule has 0 aliphatic carbocycles. The van der Waals surface area contributed by atoms with Crippen LogP contribution in [0.4, 0.5) is 0 Å². The first-order valence-electron chi connectivity index (χ1n) is 5.29. The van der Waals surface area contributed by atoms with Gasteiger partial charge in [0.05, 0.1) is 17.6 Å². The van der Waals surface area contributed by atoms with Crippen molar-refractivity contribution in [3.63, 3.8) is 0 Å². The van der Waals surface area contributed by atoms with E-state index in [2.05, 4.69) is 0 Å². The summed E-state index contributed by atoms with van der Waals surface area (Å²) in [6.45, 7) is 5.89. The van der Waals surface area contributed by atoms with Crippen LogP contribution in [0.25, 0.3) is 0 Å². The van der Waals surface area contributed by atoms with Crippen molar-refractivity contribution < 1.29 is 14.6 Å². The number of fused-ring (bicyclic) bond motifs is 2. The van der Waals surface area contributed by atoms with Gasteiger partial charge in [-0.1, -0.05) is 13.8 Å². The number of aliphatic carboxylic acids is 1. The first-order valence-corrected chi connectivity index (χ1v) is 5.29. The molecule has 2 bridgehead atoms. The number of rotatable bonds is 1. The Morgan fingerprint density at radius 1 is 1.29 bits per heavy atom. The molecule has 3 heteroatoms. The largest absolute Gasteiger partial charge is 0.481 e. The highest BCUT2D eigenvalue weighted by atomic mass is 16.5. The highest BCUT2D eigenvalue weighted by Crippen LogP contribution is 2.57. The van der Waals surface area contributed by atoms with E-state index in [4.69, 9.17) is 4.74 Å². The SMILES string of the molecule is CC1(C)C2CCCC(O2)C1(C)C(=O)O. The van der Waals surface area contributed by atoms with Gasteiger partial charge >= 0.3 is 5.97 Å². The molecule has 2 saturated heterocycles. The second-order valence-corrected chi connectivity index (χ2v) is 5.27. The molecule has 0 spiro atoms. The summed E-state index contributed by atoms with van der Waals surface area (Å²) < 4.78 is 5.81. The smallest absolute Gasteiger partial charge is 0.312 e. The molecule has 0 saturated carbocycles. The molecule has 0 aromatic carbocycles. The van der Waals surface area contributed by atoms with Crippen LogP contribution in [0.1, 0.15) is 40.0 Å². The van der Waals surface area contributed by atoms with Crippen LogP contribution in [0, 0.1) is 10.8 Å². The maximum absolute atomic E-state index is 11.4. The lowest BCUT2D eigenvalue weighted by Crippen LogP contribution is -2.46. The number of hydrogen-bond acceptors (Lipinski definition) is 2. The second-order valence-electron chi connectivity index (χ2n) is 5.27. The van der Waals surface area contributed by atoms with Crippen LogP contribution in [0.2, 0.25) is 0 Å². The Bertz CT molecular complexity index is 272. The summed E-state index contributed by atoms with van der Waals surface area (Å²) >= 11 is 0. The van der Waals surface area contributed by atoms with E-state index >= 15 is 0 Å². The van der Waals surface area contributed by atoms with Gasteiger partial charge in [-0.05, 0) is 26.2 Å². The van der Waals surface area contributed by atoms with E-state index in [0.29, 0.717) is 0 Å². The summed E-state index contributed by atoms with van der Waals surface area (Å²) in [7, 11) is 0. The molecule has 3 atom stereocenters. The molecule has 1 N–H and O–H groups in total. The Balaban J connectivity index is 2.44. The molecule has 0 amide bonds. The van der Waals surface area contributed by atoms with Gasteiger partial charge < -0.3 is 9.84 Å². The molecule has 2 fully saturated rings. The van der Waals surface area contributed by atoms with Crippen LogP contribution in [-0.4, -0.2) is 23.3 Å². The first kappa shape index (κ1) is 9.97. The van der Waals surface area contributed by atoms with Crippen LogP contribution >= 0.6 is 0 Å². The van der Waals surface area contributed by atoms with Gasteiger partial charge in [-0.15, -0.1) is 0 Å². The zero-order chi connectivity index (χ0) is 10.6. The average Bonchev–Trinajstić information content (AvgIpc) is 2.27. The lowest BCUT2D eigenvalue weighted by atomic mass is 9.64. The Hall–Kier alpha value is -0.570. The minimum atomic E-state index is -0.714. The fourth-order valence-corrected chi connectivity index (χ4v) is 2.94. The lowest BCUT2D eigenvalue weighted by molar-refractivity contribution is -0.156. The van der Waals surface area contributed by atoms with Gasteiger partial charge in [0, 0.05) is 5.41 Å². The Morgan fingerprint density at radius 3 is 2.36 bits per heavy atom. The maximum Gasteiger partial charge on any atom is 0.312 e. The van der Waals surface area contributed by atoms with Gasteiger partial charge in [0.15, 0.2) is 0 Å². The molecule has 3 unspecified atom stereocenters. The summed E-state index contributed by atoms with van der Waals surface area (Å²) in [4.78, 5) is 11.4. The maximum atomic E-state index is 11.4. The third-order valence-corrected chi connectivity index (χ3v) is 4.49. The molecule has 0 radical (unpaired) electrons. The minimum Gasteiger partial charge on any atom is -0.481 e. The van der Waals surface area contributed by atoms with E-state index in [1.165, 1.54) is 0 Å². The molecule has 2 aliphatic rings. The molecular formula is C11H18O3. The van der Waals surface area contributed by atoms with Gasteiger partial charge in [-0.25, -0.2) is 0 Å². The molecule has 3 nitrogen and oxygen atoms in total. The van der Waals surface area contributed by atoms with Crippen molar-refractivity contribution in [2.75, 3.05) is 0 Å². The molecule has 2 rings (SSSR count). The van der Waals surface area contributed by atoms with E-state index in [-0.39, 0.29) is 17.6 Å². The quantitative estimate of drug-likeness (QED) is 0.701. The van der Waals surface area contributed by atoms with Crippen LogP contribution in [0.3, 0.4) is 0 Å². The third kappa shape index (κ3) is 0.937. The minimum absolute atomic E-state index is 0.0891. The monoisotopic (exact) mass is 198 g/mol. The van der Waals surface area contributed by atoms with E-state index in [0.717, 1.165) is 19.3 Å². The number of carboxylic acid groups (broad SMARTS) is 1. The molecular weight excluding hydrogens is 180 g/mol. The van der Waals surface area contributed by atoms with E-state index in [9.17, 15) is 9.90 Å². The number of ether oxygens (including phenoxy) is 1. The Labute approximate surface area is 84.4 Å². The van der Waals surface area contributed by atoms with Crippen molar-refractivity contribution in [1.82, 2.24) is 0 Å². The molecule has 2 heterocycles. The van der Waals surface area contributed by atoms with Gasteiger partial charge in [0.25, 0.3) is 0 Å². The van der Waals surface area contributed by atoms with Gasteiger partial charge in [-0.2, -0.15) is 0 Å². The predicted octanol–water partition coefficient (Wildman–Crippen LogP) is 2.05. The summed E-state index contributed by atoms with van der Waals surface area (Å²) in [6, 6.07) is 0. The summed E-state index contributed by atoms with van der Waals surface area (Å²) in [5.74, 6) is -0.711. The number of carbonyl (C=O) groups is 1.